The molecule has 0 amide bonds. The van der Waals surface area contributed by atoms with Gasteiger partial charge in [-0.25, -0.2) is 0 Å². The number of rotatable bonds is 2. The van der Waals surface area contributed by atoms with E-state index in [0.717, 1.165) is 18.0 Å². The van der Waals surface area contributed by atoms with Gasteiger partial charge in [-0.3, -0.25) is 0 Å². The van der Waals surface area contributed by atoms with Crippen molar-refractivity contribution in [3.05, 3.63) is 34.3 Å². The minimum Gasteiger partial charge on any atom is -0.330 e. The molecule has 70 valence electrons. The van der Waals surface area contributed by atoms with Gasteiger partial charge in [-0.2, -0.15) is 0 Å². The maximum atomic E-state index is 5.92. The molecular formula is C11H14ClN. The van der Waals surface area contributed by atoms with Gasteiger partial charge in [0.2, 0.25) is 0 Å². The summed E-state index contributed by atoms with van der Waals surface area (Å²) < 4.78 is 0. The van der Waals surface area contributed by atoms with E-state index < -0.39 is 0 Å². The van der Waals surface area contributed by atoms with Crippen LogP contribution in [0, 0.1) is 0 Å². The summed E-state index contributed by atoms with van der Waals surface area (Å²) in [6.45, 7) is 0.784. The highest BCUT2D eigenvalue weighted by molar-refractivity contribution is 6.30. The smallest absolute Gasteiger partial charge is 0.0408 e. The molecular weight excluding hydrogens is 182 g/mol. The van der Waals surface area contributed by atoms with Gasteiger partial charge in [0.05, 0.1) is 0 Å². The molecule has 0 saturated carbocycles. The van der Waals surface area contributed by atoms with E-state index in [-0.39, 0.29) is 0 Å². The number of benzene rings is 1. The molecule has 13 heavy (non-hydrogen) atoms. The molecule has 1 atom stereocenters. The monoisotopic (exact) mass is 195 g/mol. The predicted molar refractivity (Wildman–Crippen MR) is 56.2 cm³/mol. The molecule has 1 aromatic rings. The van der Waals surface area contributed by atoms with Crippen molar-refractivity contribution in [2.45, 2.75) is 25.2 Å². The lowest BCUT2D eigenvalue weighted by Gasteiger charge is -2.09. The largest absolute Gasteiger partial charge is 0.330 e. The van der Waals surface area contributed by atoms with E-state index in [2.05, 4.69) is 12.1 Å². The van der Waals surface area contributed by atoms with Gasteiger partial charge in [0.15, 0.2) is 0 Å². The van der Waals surface area contributed by atoms with Crippen LogP contribution >= 0.6 is 11.6 Å². The summed E-state index contributed by atoms with van der Waals surface area (Å²) in [7, 11) is 0. The van der Waals surface area contributed by atoms with Crippen LogP contribution in [0.15, 0.2) is 18.2 Å². The Morgan fingerprint density at radius 3 is 3.08 bits per heavy atom. The van der Waals surface area contributed by atoms with Crippen LogP contribution in [0.25, 0.3) is 0 Å². The van der Waals surface area contributed by atoms with Crippen molar-refractivity contribution >= 4 is 11.6 Å². The topological polar surface area (TPSA) is 26.0 Å². The molecule has 0 bridgehead atoms. The number of hydrogen-bond acceptors (Lipinski definition) is 1. The lowest BCUT2D eigenvalue weighted by Crippen LogP contribution is -2.04. The zero-order valence-electron chi connectivity index (χ0n) is 7.59. The number of nitrogens with two attached hydrogens (primary N) is 1. The zero-order valence-corrected chi connectivity index (χ0v) is 8.35. The molecule has 0 spiro atoms. The fraction of sp³-hybridized carbons (Fsp3) is 0.455. The maximum absolute atomic E-state index is 5.92. The first-order chi connectivity index (χ1) is 6.31. The van der Waals surface area contributed by atoms with Crippen molar-refractivity contribution in [1.29, 1.82) is 0 Å². The van der Waals surface area contributed by atoms with Crippen molar-refractivity contribution < 1.29 is 0 Å². The second-order valence-electron chi connectivity index (χ2n) is 3.66. The fourth-order valence-electron chi connectivity index (χ4n) is 2.18. The predicted octanol–water partition coefficient (Wildman–Crippen LogP) is 2.72. The molecule has 2 heteroatoms. The van der Waals surface area contributed by atoms with Crippen LogP contribution in [0.2, 0.25) is 5.02 Å². The highest BCUT2D eigenvalue weighted by Gasteiger charge is 2.21. The summed E-state index contributed by atoms with van der Waals surface area (Å²) >= 11 is 5.92. The molecule has 1 nitrogen and oxygen atoms in total. The van der Waals surface area contributed by atoms with E-state index >= 15 is 0 Å². The normalized spacial score (nSPS) is 20.3. The van der Waals surface area contributed by atoms with Gasteiger partial charge in [-0.1, -0.05) is 17.7 Å². The summed E-state index contributed by atoms with van der Waals surface area (Å²) in [4.78, 5) is 0. The van der Waals surface area contributed by atoms with Crippen LogP contribution in [-0.4, -0.2) is 6.54 Å². The van der Waals surface area contributed by atoms with Crippen LogP contribution in [0.4, 0.5) is 0 Å². The van der Waals surface area contributed by atoms with Gasteiger partial charge in [0.25, 0.3) is 0 Å². The molecule has 1 aliphatic rings. The summed E-state index contributed by atoms with van der Waals surface area (Å²) in [6, 6.07) is 6.23. The van der Waals surface area contributed by atoms with E-state index in [4.69, 9.17) is 17.3 Å². The van der Waals surface area contributed by atoms with Crippen molar-refractivity contribution in [2.75, 3.05) is 6.54 Å². The molecule has 1 aliphatic carbocycles. The number of halogens is 1. The maximum Gasteiger partial charge on any atom is 0.0408 e. The third kappa shape index (κ3) is 1.72. The van der Waals surface area contributed by atoms with Crippen LogP contribution < -0.4 is 5.73 Å². The summed E-state index contributed by atoms with van der Waals surface area (Å²) in [5.74, 6) is 0.678. The first-order valence-corrected chi connectivity index (χ1v) is 5.17. The number of fused-ring (bicyclic) bond motifs is 1. The Morgan fingerprint density at radius 2 is 2.31 bits per heavy atom. The van der Waals surface area contributed by atoms with Crippen LogP contribution in [0.3, 0.4) is 0 Å². The molecule has 0 fully saturated rings. The average Bonchev–Trinajstić information content (AvgIpc) is 2.49. The molecule has 0 heterocycles. The van der Waals surface area contributed by atoms with Gasteiger partial charge >= 0.3 is 0 Å². The first kappa shape index (κ1) is 9.04. The molecule has 0 saturated heterocycles. The highest BCUT2D eigenvalue weighted by atomic mass is 35.5. The third-order valence-corrected chi connectivity index (χ3v) is 3.06. The van der Waals surface area contributed by atoms with Gasteiger partial charge in [0, 0.05) is 5.02 Å². The first-order valence-electron chi connectivity index (χ1n) is 4.79. The molecule has 0 aliphatic heterocycles. The van der Waals surface area contributed by atoms with Crippen molar-refractivity contribution in [3.8, 4) is 0 Å². The minimum absolute atomic E-state index is 0.678. The molecule has 2 rings (SSSR count). The molecule has 2 N–H and O–H groups in total. The zero-order chi connectivity index (χ0) is 9.26. The average molecular weight is 196 g/mol. The minimum atomic E-state index is 0.678. The SMILES string of the molecule is NCCC1CCc2cc(Cl)ccc21. The van der Waals surface area contributed by atoms with E-state index in [0.29, 0.717) is 5.92 Å². The van der Waals surface area contributed by atoms with Crippen LogP contribution in [0.5, 0.6) is 0 Å². The summed E-state index contributed by atoms with van der Waals surface area (Å²) in [6.07, 6.45) is 3.52. The Hall–Kier alpha value is -0.530. The standard InChI is InChI=1S/C11H14ClN/c12-10-3-4-11-8(5-6-13)1-2-9(11)7-10/h3-4,7-8H,1-2,5-6,13H2. The Kier molecular flexibility index (Phi) is 2.56. The van der Waals surface area contributed by atoms with Crippen LogP contribution in [0.1, 0.15) is 29.9 Å². The Morgan fingerprint density at radius 1 is 1.46 bits per heavy atom. The summed E-state index contributed by atoms with van der Waals surface area (Å²) in [5, 5.41) is 0.854. The second kappa shape index (κ2) is 3.69. The van der Waals surface area contributed by atoms with E-state index in [1.54, 1.807) is 0 Å². The molecule has 1 unspecified atom stereocenters. The lowest BCUT2D eigenvalue weighted by atomic mass is 9.98. The summed E-state index contributed by atoms with van der Waals surface area (Å²) in [5.41, 5.74) is 8.46. The third-order valence-electron chi connectivity index (χ3n) is 2.82. The number of hydrogen-bond donors (Lipinski definition) is 1. The number of aryl methyl sites for hydroxylation is 1. The quantitative estimate of drug-likeness (QED) is 0.772. The second-order valence-corrected chi connectivity index (χ2v) is 4.09. The van der Waals surface area contributed by atoms with Crippen molar-refractivity contribution in [1.82, 2.24) is 0 Å². The Labute approximate surface area is 83.9 Å². The molecule has 1 aromatic carbocycles. The van der Waals surface area contributed by atoms with Gasteiger partial charge in [-0.05, 0) is 55.0 Å². The van der Waals surface area contributed by atoms with Crippen molar-refractivity contribution in [2.24, 2.45) is 5.73 Å². The van der Waals surface area contributed by atoms with Gasteiger partial charge < -0.3 is 5.73 Å². The van der Waals surface area contributed by atoms with Gasteiger partial charge in [-0.15, -0.1) is 0 Å². The molecule has 0 aromatic heterocycles. The van der Waals surface area contributed by atoms with E-state index in [1.807, 2.05) is 6.07 Å². The van der Waals surface area contributed by atoms with Crippen LogP contribution in [-0.2, 0) is 6.42 Å². The van der Waals surface area contributed by atoms with Crippen molar-refractivity contribution in [3.63, 3.8) is 0 Å². The Balaban J connectivity index is 2.27. The van der Waals surface area contributed by atoms with E-state index in [1.165, 1.54) is 24.0 Å². The fourth-order valence-corrected chi connectivity index (χ4v) is 2.37. The highest BCUT2D eigenvalue weighted by Crippen LogP contribution is 2.36. The lowest BCUT2D eigenvalue weighted by molar-refractivity contribution is 0.627. The Bertz CT molecular complexity index is 309. The van der Waals surface area contributed by atoms with E-state index in [9.17, 15) is 0 Å². The van der Waals surface area contributed by atoms with Gasteiger partial charge in [0.1, 0.15) is 0 Å². The molecule has 0 radical (unpaired) electrons.